The molecule has 0 saturated carbocycles. The second-order valence-electron chi connectivity index (χ2n) is 5.66. The van der Waals surface area contributed by atoms with Crippen LogP contribution in [0.3, 0.4) is 0 Å². The van der Waals surface area contributed by atoms with Crippen molar-refractivity contribution in [3.8, 4) is 0 Å². The summed E-state index contributed by atoms with van der Waals surface area (Å²) in [4.78, 5) is 25.1. The van der Waals surface area contributed by atoms with Crippen LogP contribution in [0.1, 0.15) is 28.2 Å². The minimum atomic E-state index is -0.205. The molecule has 7 nitrogen and oxygen atoms in total. The number of carbonyl (C=O) groups excluding carboxylic acids is 1. The zero-order valence-corrected chi connectivity index (χ0v) is 12.7. The van der Waals surface area contributed by atoms with Gasteiger partial charge in [0.1, 0.15) is 12.7 Å². The molecule has 0 amide bonds. The van der Waals surface area contributed by atoms with E-state index in [2.05, 4.69) is 28.3 Å². The van der Waals surface area contributed by atoms with E-state index >= 15 is 0 Å². The molecule has 0 bridgehead atoms. The van der Waals surface area contributed by atoms with E-state index in [9.17, 15) is 4.79 Å². The standard InChI is InChI=1S/C16H16N6O/c1-11-4-12(20-15-7-18-6-14(11)15)5-13-8-22(10-19-13)16(23)21-3-2-17-9-21/h2-4,8-10,18H,5-7H2,1H3. The molecule has 1 aliphatic heterocycles. The number of aryl methyl sites for hydroxylation is 1. The van der Waals surface area contributed by atoms with Gasteiger partial charge in [0.15, 0.2) is 0 Å². The molecule has 0 unspecified atom stereocenters. The second kappa shape index (κ2) is 5.44. The van der Waals surface area contributed by atoms with E-state index in [1.165, 1.54) is 32.9 Å². The zero-order chi connectivity index (χ0) is 15.8. The van der Waals surface area contributed by atoms with Crippen LogP contribution in [0.5, 0.6) is 0 Å². The van der Waals surface area contributed by atoms with Crippen LogP contribution in [0.15, 0.2) is 37.3 Å². The third-order valence-electron chi connectivity index (χ3n) is 4.02. The van der Waals surface area contributed by atoms with Gasteiger partial charge in [0, 0.05) is 43.8 Å². The lowest BCUT2D eigenvalue weighted by molar-refractivity contribution is 0.244. The van der Waals surface area contributed by atoms with Crippen LogP contribution in [0, 0.1) is 6.92 Å². The van der Waals surface area contributed by atoms with Gasteiger partial charge < -0.3 is 5.32 Å². The molecule has 0 spiro atoms. The lowest BCUT2D eigenvalue weighted by Gasteiger charge is -2.06. The van der Waals surface area contributed by atoms with Crippen molar-refractivity contribution in [3.05, 3.63) is 65.5 Å². The first-order valence-electron chi connectivity index (χ1n) is 7.45. The van der Waals surface area contributed by atoms with Crippen LogP contribution in [-0.2, 0) is 19.5 Å². The molecule has 0 aliphatic carbocycles. The fourth-order valence-electron chi connectivity index (χ4n) is 2.87. The molecule has 4 rings (SSSR count). The van der Waals surface area contributed by atoms with Crippen LogP contribution in [-0.4, -0.2) is 30.1 Å². The maximum absolute atomic E-state index is 12.2. The molecule has 1 aliphatic rings. The van der Waals surface area contributed by atoms with Crippen molar-refractivity contribution < 1.29 is 4.79 Å². The van der Waals surface area contributed by atoms with Crippen molar-refractivity contribution in [2.24, 2.45) is 0 Å². The molecule has 3 aromatic rings. The number of pyridine rings is 1. The summed E-state index contributed by atoms with van der Waals surface area (Å²) in [6.45, 7) is 3.82. The Morgan fingerprint density at radius 2 is 2.17 bits per heavy atom. The van der Waals surface area contributed by atoms with E-state index in [0.29, 0.717) is 6.42 Å². The van der Waals surface area contributed by atoms with Gasteiger partial charge >= 0.3 is 6.03 Å². The van der Waals surface area contributed by atoms with Gasteiger partial charge in [0.2, 0.25) is 0 Å². The number of carbonyl (C=O) groups is 1. The summed E-state index contributed by atoms with van der Waals surface area (Å²) in [7, 11) is 0. The second-order valence-corrected chi connectivity index (χ2v) is 5.66. The summed E-state index contributed by atoms with van der Waals surface area (Å²) in [5, 5.41) is 3.32. The number of nitrogens with zero attached hydrogens (tertiary/aromatic N) is 5. The number of fused-ring (bicyclic) bond motifs is 1. The van der Waals surface area contributed by atoms with Gasteiger partial charge in [-0.15, -0.1) is 0 Å². The molecule has 0 aromatic carbocycles. The lowest BCUT2D eigenvalue weighted by Crippen LogP contribution is -2.15. The predicted octanol–water partition coefficient (Wildman–Crippen LogP) is 1.49. The van der Waals surface area contributed by atoms with E-state index in [1.54, 1.807) is 18.6 Å². The molecule has 1 N–H and O–H groups in total. The summed E-state index contributed by atoms with van der Waals surface area (Å²) in [5.41, 5.74) is 5.47. The van der Waals surface area contributed by atoms with Crippen molar-refractivity contribution in [2.45, 2.75) is 26.4 Å². The van der Waals surface area contributed by atoms with Crippen LogP contribution in [0.2, 0.25) is 0 Å². The van der Waals surface area contributed by atoms with E-state index < -0.39 is 0 Å². The Kier molecular flexibility index (Phi) is 3.27. The average molecular weight is 308 g/mol. The molecule has 0 saturated heterocycles. The first-order chi connectivity index (χ1) is 11.2. The van der Waals surface area contributed by atoms with Gasteiger partial charge in [-0.25, -0.2) is 14.8 Å². The fourth-order valence-corrected chi connectivity index (χ4v) is 2.87. The molecule has 0 atom stereocenters. The summed E-state index contributed by atoms with van der Waals surface area (Å²) < 4.78 is 2.87. The lowest BCUT2D eigenvalue weighted by atomic mass is 10.1. The fraction of sp³-hybridized carbons (Fsp3) is 0.250. The van der Waals surface area contributed by atoms with E-state index in [0.717, 1.165) is 30.2 Å². The van der Waals surface area contributed by atoms with E-state index in [1.807, 2.05) is 0 Å². The van der Waals surface area contributed by atoms with Gasteiger partial charge in [-0.05, 0) is 24.1 Å². The highest BCUT2D eigenvalue weighted by Gasteiger charge is 2.16. The topological polar surface area (TPSA) is 77.6 Å². The third-order valence-corrected chi connectivity index (χ3v) is 4.02. The Hall–Kier alpha value is -2.80. The Morgan fingerprint density at radius 3 is 3.00 bits per heavy atom. The normalized spacial score (nSPS) is 13.3. The van der Waals surface area contributed by atoms with Crippen LogP contribution >= 0.6 is 0 Å². The number of hydrogen-bond donors (Lipinski definition) is 1. The third kappa shape index (κ3) is 2.55. The molecular weight excluding hydrogens is 292 g/mol. The van der Waals surface area contributed by atoms with Crippen LogP contribution < -0.4 is 5.32 Å². The van der Waals surface area contributed by atoms with E-state index in [-0.39, 0.29) is 6.03 Å². The molecule has 116 valence electrons. The number of rotatable bonds is 2. The highest BCUT2D eigenvalue weighted by Crippen LogP contribution is 2.19. The SMILES string of the molecule is Cc1cc(Cc2cn(C(=O)n3ccnc3)cn2)nc2c1CNC2. The van der Waals surface area contributed by atoms with Gasteiger partial charge in [0.25, 0.3) is 0 Å². The minimum Gasteiger partial charge on any atom is -0.307 e. The monoisotopic (exact) mass is 308 g/mol. The number of hydrogen-bond acceptors (Lipinski definition) is 5. The Balaban J connectivity index is 1.56. The molecule has 3 aromatic heterocycles. The van der Waals surface area contributed by atoms with Crippen molar-refractivity contribution in [2.75, 3.05) is 0 Å². The first kappa shape index (κ1) is 13.8. The highest BCUT2D eigenvalue weighted by atomic mass is 16.2. The molecule has 0 radical (unpaired) electrons. The number of nitrogens with one attached hydrogen (secondary N) is 1. The van der Waals surface area contributed by atoms with Gasteiger partial charge in [-0.1, -0.05) is 0 Å². The highest BCUT2D eigenvalue weighted by molar-refractivity contribution is 5.78. The molecule has 4 heterocycles. The predicted molar refractivity (Wildman–Crippen MR) is 83.0 cm³/mol. The van der Waals surface area contributed by atoms with Crippen molar-refractivity contribution >= 4 is 6.03 Å². The summed E-state index contributed by atoms with van der Waals surface area (Å²) in [6, 6.07) is 1.89. The zero-order valence-electron chi connectivity index (χ0n) is 12.7. The summed E-state index contributed by atoms with van der Waals surface area (Å²) in [6.07, 6.45) is 8.53. The number of imidazole rings is 2. The summed E-state index contributed by atoms with van der Waals surface area (Å²) >= 11 is 0. The molecule has 23 heavy (non-hydrogen) atoms. The molecule has 0 fully saturated rings. The number of aromatic nitrogens is 5. The Morgan fingerprint density at radius 1 is 1.26 bits per heavy atom. The van der Waals surface area contributed by atoms with Crippen molar-refractivity contribution in [1.82, 2.24) is 29.4 Å². The van der Waals surface area contributed by atoms with Crippen LogP contribution in [0.25, 0.3) is 0 Å². The Labute approximate surface area is 133 Å². The maximum atomic E-state index is 12.2. The smallest absolute Gasteiger partial charge is 0.307 e. The Bertz CT molecular complexity index is 865. The first-order valence-corrected chi connectivity index (χ1v) is 7.45. The summed E-state index contributed by atoms with van der Waals surface area (Å²) in [5.74, 6) is 0. The molecular formula is C16H16N6O. The quantitative estimate of drug-likeness (QED) is 0.776. The van der Waals surface area contributed by atoms with Gasteiger partial charge in [0.05, 0.1) is 11.4 Å². The largest absolute Gasteiger partial charge is 0.338 e. The minimum absolute atomic E-state index is 0.205. The van der Waals surface area contributed by atoms with Crippen molar-refractivity contribution in [1.29, 1.82) is 0 Å². The average Bonchev–Trinajstić information content (AvgIpc) is 3.28. The molecule has 7 heteroatoms. The van der Waals surface area contributed by atoms with E-state index in [4.69, 9.17) is 4.98 Å². The van der Waals surface area contributed by atoms with Gasteiger partial charge in [-0.2, -0.15) is 0 Å². The van der Waals surface area contributed by atoms with Crippen molar-refractivity contribution in [3.63, 3.8) is 0 Å². The van der Waals surface area contributed by atoms with Crippen LogP contribution in [0.4, 0.5) is 4.79 Å². The van der Waals surface area contributed by atoms with Gasteiger partial charge in [-0.3, -0.25) is 14.1 Å². The maximum Gasteiger partial charge on any atom is 0.338 e.